The Labute approximate surface area is 178 Å². The van der Waals surface area contributed by atoms with Crippen LogP contribution in [0.1, 0.15) is 26.3 Å². The number of hydrogen-bond acceptors (Lipinski definition) is 4. The smallest absolute Gasteiger partial charge is 0.408 e. The normalized spacial score (nSPS) is 10.8. The highest BCUT2D eigenvalue weighted by molar-refractivity contribution is 9.10. The molecule has 2 rings (SSSR count). The molecular weight excluding hydrogens is 438 g/mol. The Kier molecular flexibility index (Phi) is 7.78. The molecule has 3 N–H and O–H groups in total. The number of benzene rings is 2. The summed E-state index contributed by atoms with van der Waals surface area (Å²) in [4.78, 5) is 35.6. The molecule has 0 heterocycles. The van der Waals surface area contributed by atoms with E-state index in [-0.39, 0.29) is 24.8 Å². The zero-order valence-corrected chi connectivity index (χ0v) is 18.1. The van der Waals surface area contributed by atoms with Gasteiger partial charge in [-0.1, -0.05) is 28.1 Å². The van der Waals surface area contributed by atoms with Crippen LogP contribution in [0.4, 0.5) is 16.2 Å². The number of carbonyl (C=O) groups excluding carboxylic acids is 3. The first kappa shape index (κ1) is 22.4. The summed E-state index contributed by atoms with van der Waals surface area (Å²) in [6.45, 7) is 5.02. The van der Waals surface area contributed by atoms with Gasteiger partial charge in [0.1, 0.15) is 12.1 Å². The number of rotatable bonds is 6. The Morgan fingerprint density at radius 3 is 2.07 bits per heavy atom. The van der Waals surface area contributed by atoms with Gasteiger partial charge in [0.05, 0.1) is 6.42 Å². The second-order valence-corrected chi connectivity index (χ2v) is 8.25. The van der Waals surface area contributed by atoms with Gasteiger partial charge < -0.3 is 20.7 Å². The molecule has 0 fully saturated rings. The first-order valence-electron chi connectivity index (χ1n) is 9.02. The summed E-state index contributed by atoms with van der Waals surface area (Å²) in [7, 11) is 0. The Bertz CT molecular complexity index is 876. The fourth-order valence-corrected chi connectivity index (χ4v) is 2.79. The minimum absolute atomic E-state index is 0.138. The number of hydrogen-bond donors (Lipinski definition) is 3. The second kappa shape index (κ2) is 10.1. The van der Waals surface area contributed by atoms with Gasteiger partial charge in [-0.15, -0.1) is 0 Å². The van der Waals surface area contributed by atoms with E-state index < -0.39 is 11.7 Å². The minimum atomic E-state index is -0.656. The molecule has 0 unspecified atom stereocenters. The van der Waals surface area contributed by atoms with E-state index in [1.165, 1.54) is 0 Å². The van der Waals surface area contributed by atoms with Crippen molar-refractivity contribution in [3.8, 4) is 0 Å². The molecule has 0 atom stereocenters. The van der Waals surface area contributed by atoms with Crippen LogP contribution in [0, 0.1) is 0 Å². The van der Waals surface area contributed by atoms with Gasteiger partial charge in [-0.25, -0.2) is 4.79 Å². The molecular formula is C21H24BrN3O4. The van der Waals surface area contributed by atoms with Gasteiger partial charge in [-0.05, 0) is 62.7 Å². The number of carbonyl (C=O) groups is 3. The number of anilines is 2. The van der Waals surface area contributed by atoms with E-state index in [1.54, 1.807) is 45.0 Å². The fraction of sp³-hybridized carbons (Fsp3) is 0.286. The molecule has 0 radical (unpaired) electrons. The van der Waals surface area contributed by atoms with Crippen molar-refractivity contribution >= 4 is 45.2 Å². The lowest BCUT2D eigenvalue weighted by atomic mass is 10.1. The highest BCUT2D eigenvalue weighted by Crippen LogP contribution is 2.15. The van der Waals surface area contributed by atoms with Gasteiger partial charge >= 0.3 is 6.09 Å². The van der Waals surface area contributed by atoms with Gasteiger partial charge in [0.2, 0.25) is 11.8 Å². The molecule has 29 heavy (non-hydrogen) atoms. The average Bonchev–Trinajstić information content (AvgIpc) is 2.60. The van der Waals surface area contributed by atoms with Crippen LogP contribution >= 0.6 is 15.9 Å². The predicted molar refractivity (Wildman–Crippen MR) is 116 cm³/mol. The molecule has 154 valence electrons. The van der Waals surface area contributed by atoms with E-state index in [9.17, 15) is 14.4 Å². The monoisotopic (exact) mass is 461 g/mol. The first-order chi connectivity index (χ1) is 13.6. The highest BCUT2D eigenvalue weighted by Gasteiger charge is 2.16. The SMILES string of the molecule is CC(C)(C)OC(=O)NCC(=O)Nc1ccc(NC(=O)Cc2cccc(Br)c2)cc1. The van der Waals surface area contributed by atoms with Gasteiger partial charge in [0.15, 0.2) is 0 Å². The average molecular weight is 462 g/mol. The van der Waals surface area contributed by atoms with Crippen molar-refractivity contribution < 1.29 is 19.1 Å². The number of amides is 3. The number of alkyl carbamates (subject to hydrolysis) is 1. The van der Waals surface area contributed by atoms with Crippen molar-refractivity contribution in [2.45, 2.75) is 32.8 Å². The lowest BCUT2D eigenvalue weighted by Crippen LogP contribution is -2.37. The minimum Gasteiger partial charge on any atom is -0.444 e. The van der Waals surface area contributed by atoms with E-state index in [2.05, 4.69) is 31.9 Å². The van der Waals surface area contributed by atoms with Crippen LogP contribution in [0.2, 0.25) is 0 Å². The van der Waals surface area contributed by atoms with E-state index in [0.29, 0.717) is 11.4 Å². The van der Waals surface area contributed by atoms with Gasteiger partial charge in [-0.3, -0.25) is 9.59 Å². The summed E-state index contributed by atoms with van der Waals surface area (Å²) < 4.78 is 5.99. The standard InChI is InChI=1S/C21H24BrN3O4/c1-21(2,3)29-20(28)23-13-19(27)25-17-9-7-16(8-10-17)24-18(26)12-14-5-4-6-15(22)11-14/h4-11H,12-13H2,1-3H3,(H,23,28)(H,24,26)(H,25,27). The summed E-state index contributed by atoms with van der Waals surface area (Å²) >= 11 is 3.38. The third kappa shape index (κ3) is 8.78. The van der Waals surface area contributed by atoms with Gasteiger partial charge in [-0.2, -0.15) is 0 Å². The topological polar surface area (TPSA) is 96.5 Å². The second-order valence-electron chi connectivity index (χ2n) is 7.34. The third-order valence-electron chi connectivity index (χ3n) is 3.50. The Morgan fingerprint density at radius 2 is 1.52 bits per heavy atom. The molecule has 8 heteroatoms. The third-order valence-corrected chi connectivity index (χ3v) is 3.99. The van der Waals surface area contributed by atoms with Crippen LogP contribution in [0.25, 0.3) is 0 Å². The molecule has 7 nitrogen and oxygen atoms in total. The van der Waals surface area contributed by atoms with Crippen LogP contribution in [0.15, 0.2) is 53.0 Å². The van der Waals surface area contributed by atoms with Crippen molar-refractivity contribution in [3.63, 3.8) is 0 Å². The lowest BCUT2D eigenvalue weighted by molar-refractivity contribution is -0.116. The van der Waals surface area contributed by atoms with E-state index >= 15 is 0 Å². The molecule has 0 saturated carbocycles. The lowest BCUT2D eigenvalue weighted by Gasteiger charge is -2.19. The maximum atomic E-state index is 12.2. The maximum Gasteiger partial charge on any atom is 0.408 e. The summed E-state index contributed by atoms with van der Waals surface area (Å²) in [6.07, 6.45) is -0.398. The molecule has 0 aliphatic heterocycles. The molecule has 0 bridgehead atoms. The van der Waals surface area contributed by atoms with Crippen LogP contribution < -0.4 is 16.0 Å². The van der Waals surface area contributed by atoms with Crippen LogP contribution in [-0.2, 0) is 20.7 Å². The van der Waals surface area contributed by atoms with E-state index in [0.717, 1.165) is 10.0 Å². The number of ether oxygens (including phenoxy) is 1. The van der Waals surface area contributed by atoms with E-state index in [1.807, 2.05) is 24.3 Å². The highest BCUT2D eigenvalue weighted by atomic mass is 79.9. The molecule has 2 aromatic rings. The molecule has 0 aromatic heterocycles. The predicted octanol–water partition coefficient (Wildman–Crippen LogP) is 4.09. The van der Waals surface area contributed by atoms with Crippen molar-refractivity contribution in [2.24, 2.45) is 0 Å². The molecule has 0 aliphatic rings. The van der Waals surface area contributed by atoms with Crippen molar-refractivity contribution in [2.75, 3.05) is 17.2 Å². The van der Waals surface area contributed by atoms with Crippen LogP contribution in [0.5, 0.6) is 0 Å². The number of halogens is 1. The molecule has 0 saturated heterocycles. The largest absolute Gasteiger partial charge is 0.444 e. The van der Waals surface area contributed by atoms with Crippen molar-refractivity contribution in [1.29, 1.82) is 0 Å². The summed E-state index contributed by atoms with van der Waals surface area (Å²) in [6, 6.07) is 14.3. The summed E-state index contributed by atoms with van der Waals surface area (Å²) in [5.41, 5.74) is 1.44. The van der Waals surface area contributed by atoms with E-state index in [4.69, 9.17) is 4.74 Å². The summed E-state index contributed by atoms with van der Waals surface area (Å²) in [5, 5.41) is 7.86. The van der Waals surface area contributed by atoms with Crippen molar-refractivity contribution in [3.05, 3.63) is 58.6 Å². The Morgan fingerprint density at radius 1 is 0.931 bits per heavy atom. The molecule has 3 amide bonds. The first-order valence-corrected chi connectivity index (χ1v) is 9.81. The Balaban J connectivity index is 1.79. The Hall–Kier alpha value is -2.87. The number of nitrogens with one attached hydrogen (secondary N) is 3. The van der Waals surface area contributed by atoms with Crippen LogP contribution in [0.3, 0.4) is 0 Å². The summed E-state index contributed by atoms with van der Waals surface area (Å²) in [5.74, 6) is -0.524. The zero-order chi connectivity index (χ0) is 21.4. The maximum absolute atomic E-state index is 12.2. The molecule has 0 spiro atoms. The van der Waals surface area contributed by atoms with Gasteiger partial charge in [0, 0.05) is 15.8 Å². The van der Waals surface area contributed by atoms with Gasteiger partial charge in [0.25, 0.3) is 0 Å². The zero-order valence-electron chi connectivity index (χ0n) is 16.5. The fourth-order valence-electron chi connectivity index (χ4n) is 2.35. The molecule has 0 aliphatic carbocycles. The molecule has 2 aromatic carbocycles. The van der Waals surface area contributed by atoms with Crippen molar-refractivity contribution in [1.82, 2.24) is 5.32 Å². The quantitative estimate of drug-likeness (QED) is 0.603. The van der Waals surface area contributed by atoms with Crippen LogP contribution in [-0.4, -0.2) is 30.1 Å².